The lowest BCUT2D eigenvalue weighted by Gasteiger charge is -2.39. The Kier molecular flexibility index (Phi) is 4.95. The van der Waals surface area contributed by atoms with Crippen LogP contribution in [-0.2, 0) is 17.2 Å². The highest BCUT2D eigenvalue weighted by Gasteiger charge is 2.59. The van der Waals surface area contributed by atoms with E-state index < -0.39 is 5.72 Å². The van der Waals surface area contributed by atoms with Crippen LogP contribution in [0, 0.1) is 0 Å². The molecule has 3 heterocycles. The fourth-order valence-electron chi connectivity index (χ4n) is 5.28. The minimum Gasteiger partial charge on any atom is -0.349 e. The Bertz CT molecular complexity index is 1180. The van der Waals surface area contributed by atoms with Crippen molar-refractivity contribution in [2.75, 3.05) is 32.1 Å². The Balaban J connectivity index is 1.54. The summed E-state index contributed by atoms with van der Waals surface area (Å²) < 4.78 is 8.72. The van der Waals surface area contributed by atoms with Crippen molar-refractivity contribution in [3.8, 4) is 11.3 Å². The molecule has 3 aromatic rings. The van der Waals surface area contributed by atoms with Crippen molar-refractivity contribution in [2.45, 2.75) is 25.0 Å². The minimum absolute atomic E-state index is 0.188. The average Bonchev–Trinajstić information content (AvgIpc) is 3.30. The Morgan fingerprint density at radius 2 is 1.81 bits per heavy atom. The Labute approximate surface area is 191 Å². The van der Waals surface area contributed by atoms with Gasteiger partial charge in [0, 0.05) is 35.3 Å². The molecule has 1 unspecified atom stereocenters. The Hall–Kier alpha value is -2.95. The number of rotatable bonds is 4. The highest BCUT2D eigenvalue weighted by atomic mass is 16.5. The number of hydrogen-bond donors (Lipinski definition) is 1. The first kappa shape index (κ1) is 20.9. The lowest BCUT2D eigenvalue weighted by atomic mass is 9.76. The van der Waals surface area contributed by atoms with Gasteiger partial charge in [0.1, 0.15) is 12.7 Å². The SMILES string of the molecule is C[n+]1ccccc1-c1ccc2c(c1)C(C)(C)C1(C=Cc3ccc([NH+](C)C)cc3)OCCN21. The van der Waals surface area contributed by atoms with Gasteiger partial charge in [-0.1, -0.05) is 19.9 Å². The van der Waals surface area contributed by atoms with Crippen LogP contribution in [-0.4, -0.2) is 33.0 Å². The van der Waals surface area contributed by atoms with Gasteiger partial charge in [0.15, 0.2) is 11.9 Å². The van der Waals surface area contributed by atoms with Crippen LogP contribution < -0.4 is 14.4 Å². The second-order valence-electron chi connectivity index (χ2n) is 9.71. The number of pyridine rings is 1. The summed E-state index contributed by atoms with van der Waals surface area (Å²) in [6.07, 6.45) is 6.60. The van der Waals surface area contributed by atoms with Crippen molar-refractivity contribution < 1.29 is 14.2 Å². The molecule has 5 rings (SSSR count). The predicted octanol–water partition coefficient (Wildman–Crippen LogP) is 3.49. The van der Waals surface area contributed by atoms with Gasteiger partial charge in [0.25, 0.3) is 0 Å². The van der Waals surface area contributed by atoms with Gasteiger partial charge >= 0.3 is 0 Å². The molecule has 0 bridgehead atoms. The minimum atomic E-state index is -0.474. The number of aryl methyl sites for hydroxylation is 1. The normalized spacial score (nSPS) is 21.4. The van der Waals surface area contributed by atoms with E-state index in [1.807, 2.05) is 0 Å². The number of nitrogens with zero attached hydrogens (tertiary/aromatic N) is 2. The zero-order valence-corrected chi connectivity index (χ0v) is 19.7. The summed E-state index contributed by atoms with van der Waals surface area (Å²) in [5.74, 6) is 0. The topological polar surface area (TPSA) is 20.8 Å². The first-order valence-corrected chi connectivity index (χ1v) is 11.4. The number of anilines is 1. The van der Waals surface area contributed by atoms with Crippen LogP contribution in [0.5, 0.6) is 0 Å². The Morgan fingerprint density at radius 1 is 1.03 bits per heavy atom. The number of benzene rings is 2. The highest BCUT2D eigenvalue weighted by Crippen LogP contribution is 2.55. The molecular weight excluding hydrogens is 394 g/mol. The van der Waals surface area contributed by atoms with E-state index in [2.05, 4.69) is 123 Å². The number of nitrogens with one attached hydrogen (secondary N) is 1. The van der Waals surface area contributed by atoms with Gasteiger partial charge in [0.2, 0.25) is 5.69 Å². The van der Waals surface area contributed by atoms with Gasteiger partial charge in [-0.2, -0.15) is 0 Å². The maximum absolute atomic E-state index is 6.55. The summed E-state index contributed by atoms with van der Waals surface area (Å²) in [4.78, 5) is 3.78. The second-order valence-corrected chi connectivity index (χ2v) is 9.71. The quantitative estimate of drug-likeness (QED) is 0.644. The van der Waals surface area contributed by atoms with Crippen LogP contribution in [0.1, 0.15) is 25.0 Å². The van der Waals surface area contributed by atoms with Crippen molar-refractivity contribution in [2.24, 2.45) is 7.05 Å². The number of ether oxygens (including phenoxy) is 1. The third kappa shape index (κ3) is 3.09. The first-order chi connectivity index (χ1) is 15.3. The highest BCUT2D eigenvalue weighted by molar-refractivity contribution is 5.74. The molecule has 1 N–H and O–H groups in total. The molecule has 0 spiro atoms. The predicted molar refractivity (Wildman–Crippen MR) is 130 cm³/mol. The van der Waals surface area contributed by atoms with Crippen molar-refractivity contribution in [3.05, 3.63) is 84.1 Å². The number of aromatic nitrogens is 1. The summed E-state index contributed by atoms with van der Waals surface area (Å²) in [7, 11) is 6.40. The van der Waals surface area contributed by atoms with Crippen molar-refractivity contribution in [1.82, 2.24) is 0 Å². The van der Waals surface area contributed by atoms with E-state index in [-0.39, 0.29) is 5.41 Å². The Morgan fingerprint density at radius 3 is 2.53 bits per heavy atom. The molecule has 1 saturated heterocycles. The first-order valence-electron chi connectivity index (χ1n) is 11.4. The van der Waals surface area contributed by atoms with E-state index in [4.69, 9.17) is 4.74 Å². The summed E-state index contributed by atoms with van der Waals surface area (Å²) >= 11 is 0. The molecule has 0 saturated carbocycles. The molecule has 1 atom stereocenters. The van der Waals surface area contributed by atoms with E-state index in [1.54, 1.807) is 0 Å². The molecular formula is C28H33N3O+2. The second kappa shape index (κ2) is 7.58. The molecule has 2 aliphatic rings. The summed E-state index contributed by atoms with van der Waals surface area (Å²) in [5, 5.41) is 0. The largest absolute Gasteiger partial charge is 0.349 e. The standard InChI is InChI=1S/C28H32N3O/c1-27(2)24-20-22(25-8-6-7-17-30(25)5)11-14-26(24)31-18-19-32-28(27,31)16-15-21-9-12-23(13-10-21)29(3)4/h6-17,20H,18-19H2,1-5H3/q+1/p+1. The monoisotopic (exact) mass is 427 g/mol. The van der Waals surface area contributed by atoms with Crippen LogP contribution in [0.2, 0.25) is 0 Å². The molecule has 0 amide bonds. The molecule has 164 valence electrons. The third-order valence-electron chi connectivity index (χ3n) is 7.23. The van der Waals surface area contributed by atoms with Crippen LogP contribution in [0.15, 0.2) is 72.9 Å². The molecule has 0 aliphatic carbocycles. The van der Waals surface area contributed by atoms with Gasteiger partial charge < -0.3 is 14.5 Å². The number of quaternary nitrogens is 1. The van der Waals surface area contributed by atoms with Crippen LogP contribution in [0.4, 0.5) is 11.4 Å². The molecule has 1 fully saturated rings. The fraction of sp³-hybridized carbons (Fsp3) is 0.321. The van der Waals surface area contributed by atoms with Crippen molar-refractivity contribution >= 4 is 17.5 Å². The average molecular weight is 428 g/mol. The zero-order chi connectivity index (χ0) is 22.5. The van der Waals surface area contributed by atoms with Crippen molar-refractivity contribution in [1.29, 1.82) is 0 Å². The van der Waals surface area contributed by atoms with Crippen LogP contribution in [0.3, 0.4) is 0 Å². The van der Waals surface area contributed by atoms with Gasteiger partial charge in [-0.05, 0) is 65.7 Å². The van der Waals surface area contributed by atoms with Crippen LogP contribution in [0.25, 0.3) is 17.3 Å². The fourth-order valence-corrected chi connectivity index (χ4v) is 5.28. The summed E-state index contributed by atoms with van der Waals surface area (Å²) in [6, 6.07) is 22.0. The molecule has 2 aromatic carbocycles. The van der Waals surface area contributed by atoms with E-state index in [0.29, 0.717) is 0 Å². The molecule has 1 aromatic heterocycles. The smallest absolute Gasteiger partial charge is 0.212 e. The molecule has 4 heteroatoms. The summed E-state index contributed by atoms with van der Waals surface area (Å²) in [5.41, 5.74) is 6.90. The maximum atomic E-state index is 6.55. The van der Waals surface area contributed by atoms with E-state index in [1.165, 1.54) is 38.7 Å². The maximum Gasteiger partial charge on any atom is 0.212 e. The lowest BCUT2D eigenvalue weighted by Crippen LogP contribution is -3.00. The third-order valence-corrected chi connectivity index (χ3v) is 7.23. The van der Waals surface area contributed by atoms with E-state index >= 15 is 0 Å². The summed E-state index contributed by atoms with van der Waals surface area (Å²) in [6.45, 7) is 6.28. The van der Waals surface area contributed by atoms with Crippen molar-refractivity contribution in [3.63, 3.8) is 0 Å². The molecule has 2 aliphatic heterocycles. The molecule has 4 nitrogen and oxygen atoms in total. The van der Waals surface area contributed by atoms with E-state index in [0.717, 1.165) is 13.2 Å². The number of hydrogen-bond acceptors (Lipinski definition) is 2. The number of fused-ring (bicyclic) bond motifs is 3. The molecule has 32 heavy (non-hydrogen) atoms. The van der Waals surface area contributed by atoms with Gasteiger partial charge in [-0.15, -0.1) is 0 Å². The van der Waals surface area contributed by atoms with Gasteiger partial charge in [-0.25, -0.2) is 4.57 Å². The lowest BCUT2D eigenvalue weighted by molar-refractivity contribution is -0.786. The molecule has 0 radical (unpaired) electrons. The van der Waals surface area contributed by atoms with E-state index in [9.17, 15) is 0 Å². The zero-order valence-electron chi connectivity index (χ0n) is 19.7. The van der Waals surface area contributed by atoms with Gasteiger partial charge in [0.05, 0.1) is 20.7 Å². The van der Waals surface area contributed by atoms with Gasteiger partial charge in [-0.3, -0.25) is 0 Å². The van der Waals surface area contributed by atoms with Crippen LogP contribution >= 0.6 is 0 Å².